The topological polar surface area (TPSA) is 113 Å². The Bertz CT molecular complexity index is 925. The average molecular weight is 398 g/mol. The minimum atomic E-state index is -1.02. The maximum Gasteiger partial charge on any atom is 0.229 e. The fourth-order valence-corrected chi connectivity index (χ4v) is 4.40. The van der Waals surface area contributed by atoms with E-state index in [0.29, 0.717) is 30.6 Å². The highest BCUT2D eigenvalue weighted by Gasteiger charge is 2.49. The first-order valence-corrected chi connectivity index (χ1v) is 10.4. The SMILES string of the molecule is CC[S+]([O-])c1ccc2c(c1)N(c1ncc(/C(N)=C/C=C\N)cn1)CC21COC1. The first-order valence-electron chi connectivity index (χ1n) is 9.12. The van der Waals surface area contributed by atoms with E-state index in [-0.39, 0.29) is 5.41 Å². The largest absolute Gasteiger partial charge is 0.611 e. The second-order valence-electron chi connectivity index (χ2n) is 6.95. The number of nitrogens with zero attached hydrogens (tertiary/aromatic N) is 3. The Morgan fingerprint density at radius 2 is 2.11 bits per heavy atom. The van der Waals surface area contributed by atoms with E-state index in [1.54, 1.807) is 24.5 Å². The van der Waals surface area contributed by atoms with Gasteiger partial charge in [0.15, 0.2) is 4.90 Å². The number of ether oxygens (including phenoxy) is 1. The zero-order valence-corrected chi connectivity index (χ0v) is 16.5. The van der Waals surface area contributed by atoms with Crippen LogP contribution in [0.4, 0.5) is 11.6 Å². The first kappa shape index (κ1) is 18.8. The number of aromatic nitrogens is 2. The number of benzene rings is 1. The summed E-state index contributed by atoms with van der Waals surface area (Å²) in [6, 6.07) is 6.04. The van der Waals surface area contributed by atoms with Crippen molar-refractivity contribution < 1.29 is 9.29 Å². The maximum atomic E-state index is 12.3. The molecule has 2 aliphatic heterocycles. The molecule has 0 bridgehead atoms. The molecule has 1 aromatic carbocycles. The summed E-state index contributed by atoms with van der Waals surface area (Å²) in [5, 5.41) is 0. The van der Waals surface area contributed by atoms with Gasteiger partial charge >= 0.3 is 0 Å². The molecule has 1 unspecified atom stereocenters. The van der Waals surface area contributed by atoms with Crippen LogP contribution in [0.2, 0.25) is 0 Å². The van der Waals surface area contributed by atoms with Gasteiger partial charge < -0.3 is 25.7 Å². The maximum absolute atomic E-state index is 12.3. The van der Waals surface area contributed by atoms with Gasteiger partial charge in [-0.15, -0.1) is 0 Å². The molecule has 1 saturated heterocycles. The molecule has 0 amide bonds. The number of anilines is 2. The number of nitrogens with two attached hydrogens (primary N) is 2. The van der Waals surface area contributed by atoms with Crippen molar-refractivity contribution in [3.05, 3.63) is 60.1 Å². The van der Waals surface area contributed by atoms with E-state index in [2.05, 4.69) is 20.9 Å². The lowest BCUT2D eigenvalue weighted by molar-refractivity contribution is -0.0507. The van der Waals surface area contributed by atoms with Crippen molar-refractivity contribution >= 4 is 28.5 Å². The van der Waals surface area contributed by atoms with Crippen molar-refractivity contribution in [2.24, 2.45) is 11.5 Å². The summed E-state index contributed by atoms with van der Waals surface area (Å²) < 4.78 is 17.8. The van der Waals surface area contributed by atoms with Crippen LogP contribution in [-0.2, 0) is 21.3 Å². The van der Waals surface area contributed by atoms with Crippen molar-refractivity contribution in [3.63, 3.8) is 0 Å². The van der Waals surface area contributed by atoms with Crippen LogP contribution >= 0.6 is 0 Å². The zero-order valence-electron chi connectivity index (χ0n) is 15.7. The summed E-state index contributed by atoms with van der Waals surface area (Å²) in [6.07, 6.45) is 8.19. The summed E-state index contributed by atoms with van der Waals surface area (Å²) in [7, 11) is 0. The van der Waals surface area contributed by atoms with Gasteiger partial charge in [-0.2, -0.15) is 0 Å². The number of hydrogen-bond acceptors (Lipinski definition) is 7. The molecule has 1 fully saturated rings. The van der Waals surface area contributed by atoms with Crippen LogP contribution in [0, 0.1) is 0 Å². The molecule has 1 spiro atoms. The van der Waals surface area contributed by atoms with E-state index in [9.17, 15) is 4.55 Å². The normalized spacial score (nSPS) is 19.1. The molecule has 28 heavy (non-hydrogen) atoms. The molecular weight excluding hydrogens is 374 g/mol. The summed E-state index contributed by atoms with van der Waals surface area (Å²) in [6.45, 7) is 4.00. The van der Waals surface area contributed by atoms with Crippen molar-refractivity contribution in [3.8, 4) is 0 Å². The third kappa shape index (κ3) is 3.13. The monoisotopic (exact) mass is 397 g/mol. The molecule has 2 aromatic rings. The predicted octanol–water partition coefficient (Wildman–Crippen LogP) is 1.80. The van der Waals surface area contributed by atoms with E-state index >= 15 is 0 Å². The highest BCUT2D eigenvalue weighted by Crippen LogP contribution is 2.48. The Labute approximate surface area is 167 Å². The van der Waals surface area contributed by atoms with E-state index in [4.69, 9.17) is 16.2 Å². The minimum Gasteiger partial charge on any atom is -0.611 e. The standard InChI is InChI=1S/C20H23N5O2S/c1-2-28(26)15-5-6-16-18(8-15)25(11-20(16)12-27-13-20)19-23-9-14(10-24-19)17(22)4-3-7-21/h3-10H,2,11-13,21-22H2,1H3/b7-3-,17-4-. The van der Waals surface area contributed by atoms with Gasteiger partial charge in [-0.25, -0.2) is 9.97 Å². The molecule has 1 aromatic heterocycles. The van der Waals surface area contributed by atoms with Gasteiger partial charge in [0.1, 0.15) is 5.75 Å². The highest BCUT2D eigenvalue weighted by atomic mass is 32.2. The fourth-order valence-electron chi connectivity index (χ4n) is 3.60. The fraction of sp³-hybridized carbons (Fsp3) is 0.300. The Morgan fingerprint density at radius 1 is 1.36 bits per heavy atom. The summed E-state index contributed by atoms with van der Waals surface area (Å²) in [4.78, 5) is 12.0. The lowest BCUT2D eigenvalue weighted by Crippen LogP contribution is -2.49. The molecule has 4 rings (SSSR count). The molecule has 3 heterocycles. The van der Waals surface area contributed by atoms with Crippen LogP contribution in [0.25, 0.3) is 5.70 Å². The summed E-state index contributed by atoms with van der Waals surface area (Å²) >= 11 is -1.02. The Balaban J connectivity index is 1.69. The van der Waals surface area contributed by atoms with Crippen molar-refractivity contribution in [1.82, 2.24) is 9.97 Å². The smallest absolute Gasteiger partial charge is 0.229 e. The first-order chi connectivity index (χ1) is 13.6. The van der Waals surface area contributed by atoms with Crippen LogP contribution in [0.15, 0.2) is 53.8 Å². The number of hydrogen-bond donors (Lipinski definition) is 2. The van der Waals surface area contributed by atoms with Crippen molar-refractivity contribution in [1.29, 1.82) is 0 Å². The molecule has 8 heteroatoms. The van der Waals surface area contributed by atoms with Crippen LogP contribution in [0.3, 0.4) is 0 Å². The van der Waals surface area contributed by atoms with Crippen LogP contribution < -0.4 is 16.4 Å². The van der Waals surface area contributed by atoms with E-state index in [0.717, 1.165) is 22.7 Å². The molecule has 146 valence electrons. The zero-order chi connectivity index (χ0) is 19.7. The van der Waals surface area contributed by atoms with E-state index < -0.39 is 11.2 Å². The van der Waals surface area contributed by atoms with Gasteiger partial charge in [-0.1, -0.05) is 6.07 Å². The van der Waals surface area contributed by atoms with Crippen LogP contribution in [0.1, 0.15) is 18.1 Å². The predicted molar refractivity (Wildman–Crippen MR) is 110 cm³/mol. The molecule has 7 nitrogen and oxygen atoms in total. The third-order valence-corrected chi connectivity index (χ3v) is 6.48. The van der Waals surface area contributed by atoms with Gasteiger partial charge in [0, 0.05) is 36.3 Å². The molecule has 0 saturated carbocycles. The molecule has 0 aliphatic carbocycles. The van der Waals surface area contributed by atoms with Gasteiger partial charge in [0.25, 0.3) is 0 Å². The lowest BCUT2D eigenvalue weighted by atomic mass is 9.81. The molecule has 4 N–H and O–H groups in total. The van der Waals surface area contributed by atoms with Gasteiger partial charge in [-0.3, -0.25) is 0 Å². The second kappa shape index (κ2) is 7.46. The third-order valence-electron chi connectivity index (χ3n) is 5.17. The molecule has 1 atom stereocenters. The van der Waals surface area contributed by atoms with Crippen molar-refractivity contribution in [2.45, 2.75) is 17.2 Å². The van der Waals surface area contributed by atoms with Crippen LogP contribution in [0.5, 0.6) is 0 Å². The Kier molecular flexibility index (Phi) is 5.01. The average Bonchev–Trinajstić information content (AvgIpc) is 3.06. The van der Waals surface area contributed by atoms with Gasteiger partial charge in [0.2, 0.25) is 5.95 Å². The second-order valence-corrected chi connectivity index (χ2v) is 8.69. The number of allylic oxidation sites excluding steroid dienone is 2. The molecule has 0 radical (unpaired) electrons. The molecule has 2 aliphatic rings. The lowest BCUT2D eigenvalue weighted by Gasteiger charge is -2.38. The number of rotatable bonds is 5. The Morgan fingerprint density at radius 3 is 2.71 bits per heavy atom. The van der Waals surface area contributed by atoms with Crippen LogP contribution in [-0.4, -0.2) is 40.0 Å². The highest BCUT2D eigenvalue weighted by molar-refractivity contribution is 7.91. The quantitative estimate of drug-likeness (QED) is 0.584. The van der Waals surface area contributed by atoms with Gasteiger partial charge in [-0.05, 0) is 48.1 Å². The summed E-state index contributed by atoms with van der Waals surface area (Å²) in [5.41, 5.74) is 14.8. The van der Waals surface area contributed by atoms with Gasteiger partial charge in [0.05, 0.1) is 24.3 Å². The Hall–Kier alpha value is -2.55. The minimum absolute atomic E-state index is 0.0472. The van der Waals surface area contributed by atoms with E-state index in [1.807, 2.05) is 19.1 Å². The summed E-state index contributed by atoms with van der Waals surface area (Å²) in [5.74, 6) is 1.18. The number of fused-ring (bicyclic) bond motifs is 2. The van der Waals surface area contributed by atoms with E-state index in [1.165, 1.54) is 11.8 Å². The molecular formula is C20H23N5O2S. The van der Waals surface area contributed by atoms with Crippen molar-refractivity contribution in [2.75, 3.05) is 30.4 Å².